The predicted molar refractivity (Wildman–Crippen MR) is 147 cm³/mol. The van der Waals surface area contributed by atoms with Crippen molar-refractivity contribution in [2.24, 2.45) is 0 Å². The largest absolute Gasteiger partial charge is 0.349 e. The Kier molecular flexibility index (Phi) is 7.65. The molecule has 7 nitrogen and oxygen atoms in total. The lowest BCUT2D eigenvalue weighted by Crippen LogP contribution is -2.47. The standard InChI is InChI=1S/C31H32F2N4O3/c1-30(32,33)20-35-29(40)31(24-10-4-2-8-22(24)23-9-3-5-11-25(23)31)15-6-7-18-37-19-14-26(28(37)39)36-27(38)21-12-16-34-17-13-21/h2-5,8-13,16-17,26H,6-7,14-15,18-20H2,1H3,(H,35,40)(H,36,38). The van der Waals surface area contributed by atoms with Crippen LogP contribution in [0.3, 0.4) is 0 Å². The molecule has 0 saturated carbocycles. The number of hydrogen-bond acceptors (Lipinski definition) is 4. The smallest absolute Gasteiger partial charge is 0.262 e. The summed E-state index contributed by atoms with van der Waals surface area (Å²) in [5, 5.41) is 5.32. The molecule has 1 saturated heterocycles. The summed E-state index contributed by atoms with van der Waals surface area (Å²) in [7, 11) is 0. The molecule has 40 heavy (non-hydrogen) atoms. The fourth-order valence-electron chi connectivity index (χ4n) is 5.87. The molecular weight excluding hydrogens is 514 g/mol. The lowest BCUT2D eigenvalue weighted by Gasteiger charge is -2.31. The second-order valence-corrected chi connectivity index (χ2v) is 10.6. The van der Waals surface area contributed by atoms with Crippen molar-refractivity contribution in [1.29, 1.82) is 0 Å². The molecule has 0 spiro atoms. The summed E-state index contributed by atoms with van der Waals surface area (Å²) in [6.07, 6.45) is 5.20. The van der Waals surface area contributed by atoms with E-state index in [1.54, 1.807) is 17.0 Å². The lowest BCUT2D eigenvalue weighted by atomic mass is 9.73. The molecule has 2 aliphatic rings. The van der Waals surface area contributed by atoms with Crippen molar-refractivity contribution in [3.05, 3.63) is 89.7 Å². The first kappa shape index (κ1) is 27.4. The predicted octanol–water partition coefficient (Wildman–Crippen LogP) is 4.32. The van der Waals surface area contributed by atoms with Crippen molar-refractivity contribution in [2.75, 3.05) is 19.6 Å². The van der Waals surface area contributed by atoms with Gasteiger partial charge in [0.25, 0.3) is 11.8 Å². The highest BCUT2D eigenvalue weighted by Crippen LogP contribution is 2.51. The quantitative estimate of drug-likeness (QED) is 0.371. The average molecular weight is 547 g/mol. The minimum atomic E-state index is -3.03. The van der Waals surface area contributed by atoms with Crippen LogP contribution in [0, 0.1) is 0 Å². The van der Waals surface area contributed by atoms with E-state index in [0.29, 0.717) is 44.3 Å². The molecule has 1 aliphatic carbocycles. The molecule has 1 aliphatic heterocycles. The van der Waals surface area contributed by atoms with Gasteiger partial charge in [-0.05, 0) is 60.1 Å². The number of nitrogens with one attached hydrogen (secondary N) is 2. The zero-order valence-corrected chi connectivity index (χ0v) is 22.3. The normalized spacial score (nSPS) is 17.3. The molecule has 2 N–H and O–H groups in total. The van der Waals surface area contributed by atoms with Crippen molar-refractivity contribution in [3.63, 3.8) is 0 Å². The zero-order chi connectivity index (χ0) is 28.3. The van der Waals surface area contributed by atoms with Gasteiger partial charge in [0.2, 0.25) is 11.8 Å². The summed E-state index contributed by atoms with van der Waals surface area (Å²) in [6, 6.07) is 17.9. The van der Waals surface area contributed by atoms with E-state index in [0.717, 1.165) is 29.2 Å². The van der Waals surface area contributed by atoms with Gasteiger partial charge in [-0.3, -0.25) is 19.4 Å². The number of carbonyl (C=O) groups excluding carboxylic acids is 3. The number of fused-ring (bicyclic) bond motifs is 3. The molecule has 0 radical (unpaired) electrons. The number of nitrogens with zero attached hydrogens (tertiary/aromatic N) is 2. The molecule has 0 bridgehead atoms. The summed E-state index contributed by atoms with van der Waals surface area (Å²) in [4.78, 5) is 44.8. The number of likely N-dealkylation sites (tertiary alicyclic amines) is 1. The molecule has 9 heteroatoms. The molecule has 3 amide bonds. The SMILES string of the molecule is CC(F)(F)CNC(=O)C1(CCCCN2CCC(NC(=O)c3ccncc3)C2=O)c2ccccc2-c2ccccc21. The van der Waals surface area contributed by atoms with Crippen LogP contribution in [0.1, 0.15) is 54.1 Å². The second-order valence-electron chi connectivity index (χ2n) is 10.6. The lowest BCUT2D eigenvalue weighted by molar-refractivity contribution is -0.129. The maximum atomic E-state index is 13.8. The van der Waals surface area contributed by atoms with Crippen LogP contribution in [-0.2, 0) is 15.0 Å². The average Bonchev–Trinajstić information content (AvgIpc) is 3.45. The minimum absolute atomic E-state index is 0.128. The summed E-state index contributed by atoms with van der Waals surface area (Å²) >= 11 is 0. The van der Waals surface area contributed by atoms with Gasteiger partial charge in [0.15, 0.2) is 0 Å². The van der Waals surface area contributed by atoms with Gasteiger partial charge in [0.1, 0.15) is 11.5 Å². The van der Waals surface area contributed by atoms with Gasteiger partial charge < -0.3 is 15.5 Å². The number of halogens is 2. The van der Waals surface area contributed by atoms with Crippen LogP contribution in [0.15, 0.2) is 73.1 Å². The number of unbranched alkanes of at least 4 members (excludes halogenated alkanes) is 1. The number of carbonyl (C=O) groups is 3. The van der Waals surface area contributed by atoms with Crippen molar-refractivity contribution in [2.45, 2.75) is 50.0 Å². The number of amides is 3. The van der Waals surface area contributed by atoms with E-state index in [9.17, 15) is 23.2 Å². The molecule has 2 aromatic carbocycles. The number of rotatable bonds is 10. The Morgan fingerprint density at radius 3 is 2.25 bits per heavy atom. The van der Waals surface area contributed by atoms with Gasteiger partial charge in [-0.1, -0.05) is 48.5 Å². The van der Waals surface area contributed by atoms with Crippen LogP contribution >= 0.6 is 0 Å². The monoisotopic (exact) mass is 546 g/mol. The number of hydrogen-bond donors (Lipinski definition) is 2. The molecule has 3 aromatic rings. The van der Waals surface area contributed by atoms with E-state index in [1.807, 2.05) is 48.5 Å². The Bertz CT molecular complexity index is 1360. The summed E-state index contributed by atoms with van der Waals surface area (Å²) in [5.41, 5.74) is 2.82. The third-order valence-electron chi connectivity index (χ3n) is 7.79. The third-order valence-corrected chi connectivity index (χ3v) is 7.79. The molecule has 1 atom stereocenters. The van der Waals surface area contributed by atoms with Gasteiger partial charge >= 0.3 is 0 Å². The first-order valence-corrected chi connectivity index (χ1v) is 13.6. The Labute approximate surface area is 232 Å². The highest BCUT2D eigenvalue weighted by atomic mass is 19.3. The van der Waals surface area contributed by atoms with Gasteiger partial charge in [0.05, 0.1) is 6.54 Å². The maximum absolute atomic E-state index is 13.8. The Morgan fingerprint density at radius 1 is 1.00 bits per heavy atom. The van der Waals surface area contributed by atoms with E-state index >= 15 is 0 Å². The Hall–Kier alpha value is -4.14. The zero-order valence-electron chi connectivity index (χ0n) is 22.3. The van der Waals surface area contributed by atoms with Crippen LogP contribution in [-0.4, -0.2) is 59.2 Å². The minimum Gasteiger partial charge on any atom is -0.349 e. The van der Waals surface area contributed by atoms with Crippen LogP contribution < -0.4 is 10.6 Å². The van der Waals surface area contributed by atoms with Gasteiger partial charge in [-0.25, -0.2) is 8.78 Å². The molecular formula is C31H32F2N4O3. The molecule has 5 rings (SSSR count). The van der Waals surface area contributed by atoms with E-state index in [4.69, 9.17) is 0 Å². The van der Waals surface area contributed by atoms with Crippen molar-refractivity contribution >= 4 is 17.7 Å². The number of aromatic nitrogens is 1. The van der Waals surface area contributed by atoms with Gasteiger partial charge in [0, 0.05) is 38.0 Å². The number of pyridine rings is 1. The molecule has 1 fully saturated rings. The molecule has 1 unspecified atom stereocenters. The summed E-state index contributed by atoms with van der Waals surface area (Å²) in [6.45, 7) is 1.06. The van der Waals surface area contributed by atoms with E-state index in [2.05, 4.69) is 15.6 Å². The Morgan fingerprint density at radius 2 is 1.62 bits per heavy atom. The fraction of sp³-hybridized carbons (Fsp3) is 0.355. The molecule has 1 aromatic heterocycles. The second kappa shape index (κ2) is 11.2. The van der Waals surface area contributed by atoms with E-state index < -0.39 is 29.8 Å². The van der Waals surface area contributed by atoms with E-state index in [1.165, 1.54) is 12.4 Å². The summed E-state index contributed by atoms with van der Waals surface area (Å²) in [5.74, 6) is -3.92. The highest BCUT2D eigenvalue weighted by Gasteiger charge is 2.48. The van der Waals surface area contributed by atoms with Crippen LogP contribution in [0.4, 0.5) is 8.78 Å². The van der Waals surface area contributed by atoms with Crippen molar-refractivity contribution in [3.8, 4) is 11.1 Å². The maximum Gasteiger partial charge on any atom is 0.262 e. The third kappa shape index (κ3) is 5.33. The topological polar surface area (TPSA) is 91.4 Å². The molecule has 2 heterocycles. The van der Waals surface area contributed by atoms with Crippen LogP contribution in [0.2, 0.25) is 0 Å². The number of benzene rings is 2. The fourth-order valence-corrected chi connectivity index (χ4v) is 5.87. The van der Waals surface area contributed by atoms with Crippen molar-refractivity contribution < 1.29 is 23.2 Å². The summed E-state index contributed by atoms with van der Waals surface area (Å²) < 4.78 is 27.5. The highest BCUT2D eigenvalue weighted by molar-refractivity contribution is 6.00. The van der Waals surface area contributed by atoms with Gasteiger partial charge in [-0.2, -0.15) is 0 Å². The van der Waals surface area contributed by atoms with Crippen LogP contribution in [0.25, 0.3) is 11.1 Å². The van der Waals surface area contributed by atoms with Crippen LogP contribution in [0.5, 0.6) is 0 Å². The van der Waals surface area contributed by atoms with E-state index in [-0.39, 0.29) is 11.8 Å². The Balaban J connectivity index is 1.27. The first-order valence-electron chi connectivity index (χ1n) is 13.6. The van der Waals surface area contributed by atoms with Gasteiger partial charge in [-0.15, -0.1) is 0 Å². The number of alkyl halides is 2. The molecule has 208 valence electrons. The first-order chi connectivity index (χ1) is 19.2. The van der Waals surface area contributed by atoms with Crippen molar-refractivity contribution in [1.82, 2.24) is 20.5 Å².